The number of rotatable bonds is 6. The number of carbonyl (C=O) groups is 1. The maximum atomic E-state index is 12.0. The van der Waals surface area contributed by atoms with Gasteiger partial charge in [-0.1, -0.05) is 0 Å². The van der Waals surface area contributed by atoms with Gasteiger partial charge in [0.2, 0.25) is 0 Å². The Morgan fingerprint density at radius 3 is 2.24 bits per heavy atom. The Hall–Kier alpha value is -1.61. The normalized spacial score (nSPS) is 13.4. The number of esters is 1. The van der Waals surface area contributed by atoms with Crippen molar-refractivity contribution in [3.63, 3.8) is 0 Å². The molecule has 0 aliphatic rings. The van der Waals surface area contributed by atoms with Gasteiger partial charge >= 0.3 is 131 Å². The standard InChI is InChI=1S/C17H18O3Se/c1-20-17(19)15(12-21-14-10-6-3-7-11-14)16(18)13-8-4-2-5-9-13/h2-11,15-16,18H,12H2,1H3/t15-,16+/m1/s1. The Labute approximate surface area is 131 Å². The first-order chi connectivity index (χ1) is 10.2. The first-order valence-electron chi connectivity index (χ1n) is 6.71. The molecular weight excluding hydrogens is 331 g/mol. The number of carbonyl (C=O) groups excluding carboxylic acids is 1. The average Bonchev–Trinajstić information content (AvgIpc) is 2.56. The van der Waals surface area contributed by atoms with Crippen LogP contribution < -0.4 is 4.46 Å². The summed E-state index contributed by atoms with van der Waals surface area (Å²) in [5, 5.41) is 11.1. The summed E-state index contributed by atoms with van der Waals surface area (Å²) < 4.78 is 6.06. The summed E-state index contributed by atoms with van der Waals surface area (Å²) >= 11 is 0.121. The van der Waals surface area contributed by atoms with Crippen molar-refractivity contribution < 1.29 is 14.6 Å². The number of aliphatic hydroxyl groups is 1. The van der Waals surface area contributed by atoms with E-state index in [1.807, 2.05) is 60.7 Å². The summed E-state index contributed by atoms with van der Waals surface area (Å²) in [5.41, 5.74) is 0.747. The molecule has 0 spiro atoms. The van der Waals surface area contributed by atoms with Gasteiger partial charge in [-0.25, -0.2) is 0 Å². The zero-order valence-corrected chi connectivity index (χ0v) is 13.5. The molecule has 2 aromatic rings. The summed E-state index contributed by atoms with van der Waals surface area (Å²) in [6.07, 6.45) is -0.829. The topological polar surface area (TPSA) is 46.5 Å². The van der Waals surface area contributed by atoms with Gasteiger partial charge in [0.05, 0.1) is 0 Å². The van der Waals surface area contributed by atoms with Crippen molar-refractivity contribution in [2.45, 2.75) is 11.4 Å². The third kappa shape index (κ3) is 4.43. The molecular formula is C17H18O3Se. The Bertz CT molecular complexity index is 557. The predicted molar refractivity (Wildman–Crippen MR) is 83.5 cm³/mol. The van der Waals surface area contributed by atoms with Crippen LogP contribution in [0.4, 0.5) is 0 Å². The number of aliphatic hydroxyl groups excluding tert-OH is 1. The Kier molecular flexibility index (Phi) is 6.00. The van der Waals surface area contributed by atoms with Gasteiger partial charge < -0.3 is 0 Å². The molecule has 0 saturated carbocycles. The van der Waals surface area contributed by atoms with Crippen molar-refractivity contribution in [2.24, 2.45) is 5.92 Å². The molecule has 4 heteroatoms. The van der Waals surface area contributed by atoms with Crippen molar-refractivity contribution in [3.05, 3.63) is 66.2 Å². The average molecular weight is 349 g/mol. The van der Waals surface area contributed by atoms with E-state index in [4.69, 9.17) is 4.74 Å². The van der Waals surface area contributed by atoms with Gasteiger partial charge in [0.15, 0.2) is 0 Å². The van der Waals surface area contributed by atoms with Gasteiger partial charge in [0, 0.05) is 0 Å². The van der Waals surface area contributed by atoms with E-state index in [2.05, 4.69) is 0 Å². The van der Waals surface area contributed by atoms with E-state index in [0.29, 0.717) is 5.32 Å². The second-order valence-electron chi connectivity index (χ2n) is 4.61. The van der Waals surface area contributed by atoms with Crippen LogP contribution in [0.3, 0.4) is 0 Å². The summed E-state index contributed by atoms with van der Waals surface area (Å²) in [5.74, 6) is -0.887. The van der Waals surface area contributed by atoms with Gasteiger partial charge in [-0.3, -0.25) is 0 Å². The third-order valence-electron chi connectivity index (χ3n) is 3.20. The SMILES string of the molecule is COC(=O)[C@H](C[Se]c1ccccc1)[C@@H](O)c1ccccc1. The predicted octanol–water partition coefficient (Wildman–Crippen LogP) is 1.96. The van der Waals surface area contributed by atoms with Gasteiger partial charge in [-0.15, -0.1) is 0 Å². The van der Waals surface area contributed by atoms with Gasteiger partial charge in [0.1, 0.15) is 0 Å². The Morgan fingerprint density at radius 1 is 1.10 bits per heavy atom. The molecule has 0 saturated heterocycles. The molecule has 0 aromatic heterocycles. The number of ether oxygens (including phenoxy) is 1. The van der Waals surface area contributed by atoms with E-state index in [1.54, 1.807) is 0 Å². The summed E-state index contributed by atoms with van der Waals surface area (Å²) in [4.78, 5) is 12.0. The number of benzene rings is 2. The molecule has 2 rings (SSSR count). The first-order valence-corrected chi connectivity index (χ1v) is 8.78. The maximum absolute atomic E-state index is 12.0. The number of hydrogen-bond acceptors (Lipinski definition) is 3. The van der Waals surface area contributed by atoms with Crippen LogP contribution in [0.15, 0.2) is 60.7 Å². The van der Waals surface area contributed by atoms with E-state index in [9.17, 15) is 9.90 Å². The van der Waals surface area contributed by atoms with Gasteiger partial charge in [0.25, 0.3) is 0 Å². The van der Waals surface area contributed by atoms with E-state index >= 15 is 0 Å². The zero-order chi connectivity index (χ0) is 15.1. The third-order valence-corrected chi connectivity index (χ3v) is 5.57. The fourth-order valence-corrected chi connectivity index (χ4v) is 4.21. The molecule has 2 atom stereocenters. The van der Waals surface area contributed by atoms with Crippen molar-refractivity contribution in [1.29, 1.82) is 0 Å². The Balaban J connectivity index is 2.09. The molecule has 0 heterocycles. The molecule has 0 fully saturated rings. The quantitative estimate of drug-likeness (QED) is 0.641. The number of hydrogen-bond donors (Lipinski definition) is 1. The summed E-state index contributed by atoms with van der Waals surface area (Å²) in [6.45, 7) is 0. The van der Waals surface area contributed by atoms with E-state index in [1.165, 1.54) is 11.6 Å². The molecule has 0 aliphatic carbocycles. The van der Waals surface area contributed by atoms with Crippen LogP contribution in [0.5, 0.6) is 0 Å². The second-order valence-corrected chi connectivity index (χ2v) is 6.90. The van der Waals surface area contributed by atoms with Crippen LogP contribution in [0.25, 0.3) is 0 Å². The van der Waals surface area contributed by atoms with Crippen LogP contribution in [-0.2, 0) is 9.53 Å². The molecule has 0 bridgehead atoms. The van der Waals surface area contributed by atoms with Crippen LogP contribution in [0, 0.1) is 5.92 Å². The fraction of sp³-hybridized carbons (Fsp3) is 0.235. The second kappa shape index (κ2) is 7.99. The van der Waals surface area contributed by atoms with E-state index in [-0.39, 0.29) is 20.9 Å². The minimum absolute atomic E-state index is 0.121. The molecule has 0 radical (unpaired) electrons. The number of methoxy groups -OCH3 is 1. The molecule has 0 aliphatic heterocycles. The molecule has 0 unspecified atom stereocenters. The molecule has 21 heavy (non-hydrogen) atoms. The van der Waals surface area contributed by atoms with E-state index < -0.39 is 12.0 Å². The van der Waals surface area contributed by atoms with Crippen molar-refractivity contribution in [1.82, 2.24) is 0 Å². The first kappa shape index (κ1) is 15.8. The van der Waals surface area contributed by atoms with Crippen LogP contribution in [-0.4, -0.2) is 33.1 Å². The monoisotopic (exact) mass is 350 g/mol. The van der Waals surface area contributed by atoms with Crippen molar-refractivity contribution in [2.75, 3.05) is 7.11 Å². The zero-order valence-electron chi connectivity index (χ0n) is 11.8. The van der Waals surface area contributed by atoms with Crippen molar-refractivity contribution in [3.8, 4) is 0 Å². The van der Waals surface area contributed by atoms with Crippen molar-refractivity contribution >= 4 is 25.4 Å². The van der Waals surface area contributed by atoms with Gasteiger partial charge in [-0.05, 0) is 0 Å². The molecule has 2 aromatic carbocycles. The molecule has 110 valence electrons. The van der Waals surface area contributed by atoms with Gasteiger partial charge in [-0.2, -0.15) is 0 Å². The molecule has 3 nitrogen and oxygen atoms in total. The molecule has 1 N–H and O–H groups in total. The summed E-state index contributed by atoms with van der Waals surface area (Å²) in [7, 11) is 1.36. The molecule has 0 amide bonds. The Morgan fingerprint density at radius 2 is 1.67 bits per heavy atom. The van der Waals surface area contributed by atoms with E-state index in [0.717, 1.165) is 5.56 Å². The van der Waals surface area contributed by atoms with Crippen LogP contribution in [0.2, 0.25) is 5.32 Å². The van der Waals surface area contributed by atoms with Crippen LogP contribution >= 0.6 is 0 Å². The minimum atomic E-state index is -0.829. The summed E-state index contributed by atoms with van der Waals surface area (Å²) in [6, 6.07) is 19.3. The van der Waals surface area contributed by atoms with Crippen LogP contribution in [0.1, 0.15) is 11.7 Å². The fourth-order valence-electron chi connectivity index (χ4n) is 2.02.